The van der Waals surface area contributed by atoms with E-state index in [1.165, 1.54) is 0 Å². The number of hydrogen-bond acceptors (Lipinski definition) is 6. The molecule has 1 saturated heterocycles. The summed E-state index contributed by atoms with van der Waals surface area (Å²) in [7, 11) is 0. The third-order valence-corrected chi connectivity index (χ3v) is 6.47. The molecule has 2 heterocycles. The average Bonchev–Trinajstić information content (AvgIpc) is 3.17. The van der Waals surface area contributed by atoms with Gasteiger partial charge in [0.2, 0.25) is 17.6 Å². The van der Waals surface area contributed by atoms with Gasteiger partial charge in [-0.25, -0.2) is 0 Å². The standard InChI is InChI=1S/C24H23BrN2O5/c1-14(25)16-7-5-15(6-8-16)13-32-20-4-2-3-17-11-27(23(22(17)20)19(29)12-28)18-9-10-21(30)26-24(18)31/h2-8,12,14,18,23H,9-11,13H2,1H3,(H,26,30,31). The van der Waals surface area contributed by atoms with Crippen LogP contribution in [0, 0.1) is 0 Å². The lowest BCUT2D eigenvalue weighted by Crippen LogP contribution is -2.52. The lowest BCUT2D eigenvalue weighted by Gasteiger charge is -2.33. The number of nitrogens with one attached hydrogen (secondary N) is 1. The first-order chi connectivity index (χ1) is 15.4. The van der Waals surface area contributed by atoms with Crippen LogP contribution in [0.3, 0.4) is 0 Å². The van der Waals surface area contributed by atoms with Gasteiger partial charge in [0.25, 0.3) is 0 Å². The summed E-state index contributed by atoms with van der Waals surface area (Å²) < 4.78 is 6.08. The quantitative estimate of drug-likeness (QED) is 0.272. The molecule has 0 radical (unpaired) electrons. The number of alkyl halides is 1. The highest BCUT2D eigenvalue weighted by Crippen LogP contribution is 2.42. The van der Waals surface area contributed by atoms with Crippen molar-refractivity contribution >= 4 is 39.8 Å². The van der Waals surface area contributed by atoms with Crippen LogP contribution in [-0.4, -0.2) is 34.8 Å². The second-order valence-electron chi connectivity index (χ2n) is 8.04. The molecule has 0 spiro atoms. The minimum atomic E-state index is -0.917. The second kappa shape index (κ2) is 9.34. The fourth-order valence-corrected chi connectivity index (χ4v) is 4.62. The summed E-state index contributed by atoms with van der Waals surface area (Å²) in [4.78, 5) is 50.1. The molecule has 32 heavy (non-hydrogen) atoms. The van der Waals surface area contributed by atoms with Crippen molar-refractivity contribution in [3.05, 3.63) is 64.7 Å². The molecule has 0 aromatic heterocycles. The van der Waals surface area contributed by atoms with Crippen molar-refractivity contribution in [2.24, 2.45) is 0 Å². The number of amides is 2. The van der Waals surface area contributed by atoms with Crippen LogP contribution in [0.4, 0.5) is 0 Å². The predicted molar refractivity (Wildman–Crippen MR) is 120 cm³/mol. The van der Waals surface area contributed by atoms with E-state index in [1.807, 2.05) is 36.4 Å². The van der Waals surface area contributed by atoms with Crippen molar-refractivity contribution in [1.29, 1.82) is 0 Å². The van der Waals surface area contributed by atoms with E-state index in [0.29, 0.717) is 30.9 Å². The Bertz CT molecular complexity index is 1070. The molecule has 1 N–H and O–H groups in total. The smallest absolute Gasteiger partial charge is 0.243 e. The Balaban J connectivity index is 1.60. The number of carbonyl (C=O) groups is 4. The molecule has 2 aromatic carbocycles. The molecule has 0 bridgehead atoms. The molecule has 2 aromatic rings. The lowest BCUT2D eigenvalue weighted by atomic mass is 9.98. The Labute approximate surface area is 194 Å². The molecule has 2 aliphatic heterocycles. The van der Waals surface area contributed by atoms with Gasteiger partial charge in [-0.15, -0.1) is 0 Å². The highest BCUT2D eigenvalue weighted by Gasteiger charge is 2.44. The molecule has 4 rings (SSSR count). The van der Waals surface area contributed by atoms with Crippen LogP contribution >= 0.6 is 15.9 Å². The lowest BCUT2D eigenvalue weighted by molar-refractivity contribution is -0.141. The molecule has 1 fully saturated rings. The van der Waals surface area contributed by atoms with Crippen molar-refractivity contribution in [1.82, 2.24) is 10.2 Å². The number of benzene rings is 2. The van der Waals surface area contributed by atoms with Gasteiger partial charge < -0.3 is 4.74 Å². The number of piperidine rings is 1. The third-order valence-electron chi connectivity index (χ3n) is 5.94. The van der Waals surface area contributed by atoms with Gasteiger partial charge in [0.15, 0.2) is 6.29 Å². The monoisotopic (exact) mass is 498 g/mol. The molecule has 2 aliphatic rings. The van der Waals surface area contributed by atoms with Crippen molar-refractivity contribution in [3.63, 3.8) is 0 Å². The fraction of sp³-hybridized carbons (Fsp3) is 0.333. The number of ether oxygens (including phenoxy) is 1. The maximum atomic E-state index is 12.7. The van der Waals surface area contributed by atoms with Crippen LogP contribution < -0.4 is 10.1 Å². The summed E-state index contributed by atoms with van der Waals surface area (Å²) in [5, 5.41) is 2.33. The maximum absolute atomic E-state index is 12.7. The van der Waals surface area contributed by atoms with E-state index in [9.17, 15) is 19.2 Å². The maximum Gasteiger partial charge on any atom is 0.243 e. The summed E-state index contributed by atoms with van der Waals surface area (Å²) in [6, 6.07) is 11.9. The highest BCUT2D eigenvalue weighted by atomic mass is 79.9. The van der Waals surface area contributed by atoms with E-state index in [-0.39, 0.29) is 23.4 Å². The van der Waals surface area contributed by atoms with Gasteiger partial charge in [-0.2, -0.15) is 0 Å². The van der Waals surface area contributed by atoms with Crippen LogP contribution in [0.5, 0.6) is 5.75 Å². The molecule has 3 unspecified atom stereocenters. The Hall–Kier alpha value is -2.84. The van der Waals surface area contributed by atoms with Crippen molar-refractivity contribution in [2.45, 2.75) is 49.8 Å². The molecule has 3 atom stereocenters. The number of imide groups is 1. The summed E-state index contributed by atoms with van der Waals surface area (Å²) in [5.74, 6) is -0.900. The third kappa shape index (κ3) is 4.38. The van der Waals surface area contributed by atoms with E-state index in [2.05, 4.69) is 28.2 Å². The molecule has 0 aliphatic carbocycles. The number of Topliss-reactive ketones (excluding diaryl/α,β-unsaturated/α-hetero) is 1. The van der Waals surface area contributed by atoms with Gasteiger partial charge in [-0.05, 0) is 36.1 Å². The van der Waals surface area contributed by atoms with E-state index in [4.69, 9.17) is 4.74 Å². The number of aldehydes is 1. The summed E-state index contributed by atoms with van der Waals surface area (Å²) in [5.41, 5.74) is 3.57. The summed E-state index contributed by atoms with van der Waals surface area (Å²) >= 11 is 3.55. The second-order valence-corrected chi connectivity index (χ2v) is 9.41. The zero-order valence-corrected chi connectivity index (χ0v) is 19.1. The van der Waals surface area contributed by atoms with Gasteiger partial charge in [0.1, 0.15) is 18.4 Å². The predicted octanol–water partition coefficient (Wildman–Crippen LogP) is 3.15. The zero-order valence-electron chi connectivity index (χ0n) is 17.5. The number of fused-ring (bicyclic) bond motifs is 1. The topological polar surface area (TPSA) is 92.8 Å². The number of nitrogens with zero attached hydrogens (tertiary/aromatic N) is 1. The van der Waals surface area contributed by atoms with Gasteiger partial charge >= 0.3 is 0 Å². The summed E-state index contributed by atoms with van der Waals surface area (Å²) in [6.07, 6.45) is 0.781. The van der Waals surface area contributed by atoms with Crippen molar-refractivity contribution in [3.8, 4) is 5.75 Å². The van der Waals surface area contributed by atoms with Crippen LogP contribution in [-0.2, 0) is 32.3 Å². The van der Waals surface area contributed by atoms with Gasteiger partial charge in [0.05, 0.1) is 6.04 Å². The zero-order chi connectivity index (χ0) is 22.8. The minimum absolute atomic E-state index is 0.192. The number of rotatable bonds is 7. The van der Waals surface area contributed by atoms with Crippen LogP contribution in [0.25, 0.3) is 0 Å². The first-order valence-corrected chi connectivity index (χ1v) is 11.4. The Kier molecular flexibility index (Phi) is 6.53. The van der Waals surface area contributed by atoms with Crippen LogP contribution in [0.1, 0.15) is 52.9 Å². The largest absolute Gasteiger partial charge is 0.489 e. The molecular weight excluding hydrogens is 476 g/mol. The number of carbonyl (C=O) groups excluding carboxylic acids is 4. The minimum Gasteiger partial charge on any atom is -0.489 e. The molecule has 0 saturated carbocycles. The Morgan fingerprint density at radius 1 is 1.25 bits per heavy atom. The average molecular weight is 499 g/mol. The SMILES string of the molecule is CC(Br)c1ccc(COc2cccc3c2C(C(=O)C=O)N(C2CCC(=O)NC2=O)C3)cc1. The number of halogens is 1. The van der Waals surface area contributed by atoms with Gasteiger partial charge in [0, 0.05) is 23.4 Å². The summed E-state index contributed by atoms with van der Waals surface area (Å²) in [6.45, 7) is 2.67. The van der Waals surface area contributed by atoms with E-state index in [0.717, 1.165) is 16.7 Å². The van der Waals surface area contributed by atoms with Gasteiger partial charge in [-0.1, -0.05) is 52.3 Å². The van der Waals surface area contributed by atoms with Crippen LogP contribution in [0.15, 0.2) is 42.5 Å². The molecular formula is C24H23BrN2O5. The van der Waals surface area contributed by atoms with Crippen molar-refractivity contribution < 1.29 is 23.9 Å². The van der Waals surface area contributed by atoms with E-state index < -0.39 is 23.8 Å². The Morgan fingerprint density at radius 3 is 2.66 bits per heavy atom. The normalized spacial score (nSPS) is 21.6. The van der Waals surface area contributed by atoms with Gasteiger partial charge in [-0.3, -0.25) is 29.4 Å². The van der Waals surface area contributed by atoms with Crippen LogP contribution in [0.2, 0.25) is 0 Å². The van der Waals surface area contributed by atoms with Crippen molar-refractivity contribution in [2.75, 3.05) is 0 Å². The number of hydrogen-bond donors (Lipinski definition) is 1. The number of ketones is 1. The van der Waals surface area contributed by atoms with E-state index in [1.54, 1.807) is 11.0 Å². The molecule has 2 amide bonds. The highest BCUT2D eigenvalue weighted by molar-refractivity contribution is 9.09. The molecule has 166 valence electrons. The first-order valence-electron chi connectivity index (χ1n) is 10.4. The first kappa shape index (κ1) is 22.4. The fourth-order valence-electron chi connectivity index (χ4n) is 4.32. The Morgan fingerprint density at radius 2 is 2.00 bits per heavy atom. The molecule has 8 heteroatoms. The van der Waals surface area contributed by atoms with E-state index >= 15 is 0 Å². The molecule has 7 nitrogen and oxygen atoms in total.